The van der Waals surface area contributed by atoms with Gasteiger partial charge in [0.25, 0.3) is 5.91 Å². The molecule has 2 unspecified atom stereocenters. The van der Waals surface area contributed by atoms with Gasteiger partial charge in [0.05, 0.1) is 12.2 Å². The van der Waals surface area contributed by atoms with E-state index in [9.17, 15) is 15.0 Å². The molecule has 0 bridgehead atoms. The fraction of sp³-hybridized carbons (Fsp3) is 0.500. The molecule has 0 spiro atoms. The third kappa shape index (κ3) is 2.12. The number of hydrogen-bond acceptors (Lipinski definition) is 5. The molecule has 2 rings (SSSR count). The summed E-state index contributed by atoms with van der Waals surface area (Å²) in [4.78, 5) is 16.9. The van der Waals surface area contributed by atoms with Crippen LogP contribution in [-0.2, 0) is 0 Å². The average molecular weight is 249 g/mol. The van der Waals surface area contributed by atoms with Crippen molar-refractivity contribution >= 4 is 28.8 Å². The molecule has 0 aromatic carbocycles. The van der Waals surface area contributed by atoms with E-state index < -0.39 is 12.2 Å². The fourth-order valence-electron chi connectivity index (χ4n) is 1.45. The highest BCUT2D eigenvalue weighted by Gasteiger charge is 2.33. The minimum atomic E-state index is -0.872. The maximum Gasteiger partial charge on any atom is 0.273 e. The van der Waals surface area contributed by atoms with Crippen molar-refractivity contribution in [3.63, 3.8) is 0 Å². The molecule has 2 heterocycles. The highest BCUT2D eigenvalue weighted by Crippen LogP contribution is 2.18. The lowest BCUT2D eigenvalue weighted by atomic mass is 10.3. The fourth-order valence-corrected chi connectivity index (χ4v) is 2.19. The summed E-state index contributed by atoms with van der Waals surface area (Å²) in [6, 6.07) is 0. The lowest BCUT2D eigenvalue weighted by molar-refractivity contribution is 0.0572. The summed E-state index contributed by atoms with van der Waals surface area (Å²) in [5, 5.41) is 20.1. The highest BCUT2D eigenvalue weighted by atomic mass is 35.5. The topological polar surface area (TPSA) is 73.7 Å². The second-order valence-corrected chi connectivity index (χ2v) is 4.77. The van der Waals surface area contributed by atoms with Crippen molar-refractivity contribution in [1.29, 1.82) is 0 Å². The molecule has 0 saturated carbocycles. The Bertz CT molecular complexity index is 374. The molecule has 5 nitrogen and oxygen atoms in total. The minimum absolute atomic E-state index is 0.134. The van der Waals surface area contributed by atoms with E-state index in [-0.39, 0.29) is 24.7 Å². The van der Waals surface area contributed by atoms with E-state index in [2.05, 4.69) is 4.98 Å². The Balaban J connectivity index is 2.10. The van der Waals surface area contributed by atoms with E-state index >= 15 is 0 Å². The number of hydrogen-bond donors (Lipinski definition) is 2. The molecule has 15 heavy (non-hydrogen) atoms. The molecule has 82 valence electrons. The number of aliphatic hydroxyl groups is 2. The first kappa shape index (κ1) is 10.8. The zero-order valence-corrected chi connectivity index (χ0v) is 9.20. The number of aromatic nitrogens is 1. The molecule has 1 aliphatic heterocycles. The van der Waals surface area contributed by atoms with Crippen molar-refractivity contribution in [1.82, 2.24) is 9.88 Å². The number of halogens is 1. The molecule has 7 heteroatoms. The number of carbonyl (C=O) groups excluding carboxylic acids is 1. The van der Waals surface area contributed by atoms with E-state index in [4.69, 9.17) is 11.6 Å². The van der Waals surface area contributed by atoms with Gasteiger partial charge in [-0.25, -0.2) is 4.98 Å². The summed E-state index contributed by atoms with van der Waals surface area (Å²) in [6.45, 7) is 0.268. The molecular formula is C8H9ClN2O3S. The third-order valence-corrected chi connectivity index (χ3v) is 3.22. The maximum atomic E-state index is 11.7. The van der Waals surface area contributed by atoms with Gasteiger partial charge in [0.1, 0.15) is 5.69 Å². The van der Waals surface area contributed by atoms with Crippen LogP contribution >= 0.6 is 22.9 Å². The number of aliphatic hydroxyl groups excluding tert-OH is 2. The summed E-state index contributed by atoms with van der Waals surface area (Å²) in [7, 11) is 0. The van der Waals surface area contributed by atoms with Gasteiger partial charge in [-0.1, -0.05) is 11.6 Å². The molecule has 2 atom stereocenters. The summed E-state index contributed by atoms with van der Waals surface area (Å²) >= 11 is 6.78. The predicted molar refractivity (Wildman–Crippen MR) is 55.0 cm³/mol. The Kier molecular flexibility index (Phi) is 2.92. The van der Waals surface area contributed by atoms with Gasteiger partial charge in [-0.15, -0.1) is 11.3 Å². The third-order valence-electron chi connectivity index (χ3n) is 2.24. The van der Waals surface area contributed by atoms with Crippen molar-refractivity contribution < 1.29 is 15.0 Å². The minimum Gasteiger partial charge on any atom is -0.388 e. The maximum absolute atomic E-state index is 11.7. The lowest BCUT2D eigenvalue weighted by Crippen LogP contribution is -2.30. The number of thiazole rings is 1. The van der Waals surface area contributed by atoms with Crippen molar-refractivity contribution in [2.75, 3.05) is 13.1 Å². The van der Waals surface area contributed by atoms with Gasteiger partial charge in [-0.3, -0.25) is 4.79 Å². The van der Waals surface area contributed by atoms with E-state index in [1.54, 1.807) is 5.38 Å². The molecule has 1 fully saturated rings. The molecule has 0 radical (unpaired) electrons. The molecule has 1 aliphatic rings. The first-order valence-corrected chi connectivity index (χ1v) is 5.60. The van der Waals surface area contributed by atoms with Crippen molar-refractivity contribution in [2.24, 2.45) is 0 Å². The second kappa shape index (κ2) is 4.05. The molecule has 1 aromatic heterocycles. The van der Waals surface area contributed by atoms with Crippen LogP contribution in [0.15, 0.2) is 5.38 Å². The Morgan fingerprint density at radius 2 is 2.13 bits per heavy atom. The zero-order chi connectivity index (χ0) is 11.0. The van der Waals surface area contributed by atoms with Crippen LogP contribution in [0.4, 0.5) is 0 Å². The van der Waals surface area contributed by atoms with Gasteiger partial charge in [0, 0.05) is 18.5 Å². The number of rotatable bonds is 1. The predicted octanol–water partition coefficient (Wildman–Crippen LogP) is -0.0259. The Labute approximate surface area is 94.9 Å². The first-order chi connectivity index (χ1) is 7.08. The zero-order valence-electron chi connectivity index (χ0n) is 7.63. The summed E-state index contributed by atoms with van der Waals surface area (Å²) < 4.78 is 0.304. The number of amides is 1. The molecule has 1 aromatic rings. The van der Waals surface area contributed by atoms with Crippen LogP contribution in [0.3, 0.4) is 0 Å². The van der Waals surface area contributed by atoms with Crippen LogP contribution in [0.25, 0.3) is 0 Å². The van der Waals surface area contributed by atoms with E-state index in [1.165, 1.54) is 16.2 Å². The van der Waals surface area contributed by atoms with Crippen molar-refractivity contribution in [3.05, 3.63) is 15.5 Å². The monoisotopic (exact) mass is 248 g/mol. The van der Waals surface area contributed by atoms with Gasteiger partial charge in [-0.2, -0.15) is 0 Å². The van der Waals surface area contributed by atoms with E-state index in [0.29, 0.717) is 4.47 Å². The molecule has 1 saturated heterocycles. The van der Waals surface area contributed by atoms with Crippen LogP contribution in [0.5, 0.6) is 0 Å². The van der Waals surface area contributed by atoms with Gasteiger partial charge in [-0.05, 0) is 0 Å². The summed E-state index contributed by atoms with van der Waals surface area (Å²) in [6.07, 6.45) is -1.74. The SMILES string of the molecule is O=C(c1csc(Cl)n1)N1CC(O)C(O)C1. The number of nitrogens with zero attached hydrogens (tertiary/aromatic N) is 2. The Morgan fingerprint density at radius 1 is 1.53 bits per heavy atom. The van der Waals surface area contributed by atoms with Crippen LogP contribution in [0, 0.1) is 0 Å². The molecule has 1 amide bonds. The largest absolute Gasteiger partial charge is 0.388 e. The van der Waals surface area contributed by atoms with Crippen LogP contribution in [-0.4, -0.2) is 51.3 Å². The molecule has 0 aliphatic carbocycles. The van der Waals surface area contributed by atoms with Crippen molar-refractivity contribution in [2.45, 2.75) is 12.2 Å². The van der Waals surface area contributed by atoms with E-state index in [1.807, 2.05) is 0 Å². The van der Waals surface area contributed by atoms with Gasteiger partial charge < -0.3 is 15.1 Å². The first-order valence-electron chi connectivity index (χ1n) is 4.34. The lowest BCUT2D eigenvalue weighted by Gasteiger charge is -2.12. The standard InChI is InChI=1S/C8H9ClN2O3S/c9-8-10-4(3-15-8)7(14)11-1-5(12)6(13)2-11/h3,5-6,12-13H,1-2H2. The summed E-state index contributed by atoms with van der Waals surface area (Å²) in [5.74, 6) is -0.311. The number of β-amino-alcohol motifs (C(OH)–C–C–N with tert-alkyl or cyclic N) is 2. The Hall–Kier alpha value is -0.690. The van der Waals surface area contributed by atoms with E-state index in [0.717, 1.165) is 0 Å². The van der Waals surface area contributed by atoms with Gasteiger partial charge in [0.15, 0.2) is 4.47 Å². The quantitative estimate of drug-likeness (QED) is 0.732. The van der Waals surface area contributed by atoms with Crippen LogP contribution in [0.2, 0.25) is 4.47 Å². The summed E-state index contributed by atoms with van der Waals surface area (Å²) in [5.41, 5.74) is 0.256. The van der Waals surface area contributed by atoms with Crippen LogP contribution < -0.4 is 0 Å². The number of likely N-dealkylation sites (tertiary alicyclic amines) is 1. The van der Waals surface area contributed by atoms with Crippen molar-refractivity contribution in [3.8, 4) is 0 Å². The Morgan fingerprint density at radius 3 is 2.60 bits per heavy atom. The molecule has 2 N–H and O–H groups in total. The van der Waals surface area contributed by atoms with Crippen LogP contribution in [0.1, 0.15) is 10.5 Å². The van der Waals surface area contributed by atoms with Gasteiger partial charge >= 0.3 is 0 Å². The smallest absolute Gasteiger partial charge is 0.273 e. The normalized spacial score (nSPS) is 25.9. The highest BCUT2D eigenvalue weighted by molar-refractivity contribution is 7.14. The molecular weight excluding hydrogens is 240 g/mol. The second-order valence-electron chi connectivity index (χ2n) is 3.33. The average Bonchev–Trinajstić information content (AvgIpc) is 2.74. The van der Waals surface area contributed by atoms with Gasteiger partial charge in [0.2, 0.25) is 0 Å². The number of carbonyl (C=O) groups is 1.